The largest absolute Gasteiger partial charge is 0.489 e. The van der Waals surface area contributed by atoms with Gasteiger partial charge in [-0.2, -0.15) is 0 Å². The number of hydrogen-bond donors (Lipinski definition) is 2. The second kappa shape index (κ2) is 11.0. The van der Waals surface area contributed by atoms with Gasteiger partial charge < -0.3 is 19.7 Å². The molecule has 3 aromatic carbocycles. The predicted molar refractivity (Wildman–Crippen MR) is 118 cm³/mol. The zero-order chi connectivity index (χ0) is 21.2. The topological polar surface area (TPSA) is 52.0 Å². The SMILES string of the molecule is C[NH+](C)[C@H](CNC(=O)COc1ccc(OCc2ccccc2)cc1)c1ccccc1. The molecule has 0 heterocycles. The first-order chi connectivity index (χ1) is 14.6. The average Bonchev–Trinajstić information content (AvgIpc) is 2.78. The van der Waals surface area contributed by atoms with Crippen LogP contribution >= 0.6 is 0 Å². The Morgan fingerprint density at radius 1 is 0.833 bits per heavy atom. The Labute approximate surface area is 178 Å². The summed E-state index contributed by atoms with van der Waals surface area (Å²) in [6, 6.07) is 27.7. The molecule has 0 saturated carbocycles. The molecule has 0 aliphatic heterocycles. The number of rotatable bonds is 10. The first-order valence-electron chi connectivity index (χ1n) is 10.1. The summed E-state index contributed by atoms with van der Waals surface area (Å²) in [5, 5.41) is 2.97. The molecule has 30 heavy (non-hydrogen) atoms. The number of amides is 1. The fraction of sp³-hybridized carbons (Fsp3) is 0.240. The van der Waals surface area contributed by atoms with Crippen LogP contribution in [0.4, 0.5) is 0 Å². The molecule has 0 spiro atoms. The highest BCUT2D eigenvalue weighted by atomic mass is 16.5. The number of quaternary nitrogens is 1. The van der Waals surface area contributed by atoms with E-state index in [0.29, 0.717) is 18.9 Å². The minimum atomic E-state index is -0.137. The minimum absolute atomic E-state index is 0.0194. The summed E-state index contributed by atoms with van der Waals surface area (Å²) in [6.45, 7) is 1.05. The van der Waals surface area contributed by atoms with E-state index >= 15 is 0 Å². The van der Waals surface area contributed by atoms with Crippen LogP contribution in [-0.2, 0) is 11.4 Å². The van der Waals surface area contributed by atoms with E-state index in [1.165, 1.54) is 10.5 Å². The number of hydrogen-bond acceptors (Lipinski definition) is 3. The zero-order valence-corrected chi connectivity index (χ0v) is 17.5. The van der Waals surface area contributed by atoms with Crippen molar-refractivity contribution in [3.05, 3.63) is 96.1 Å². The summed E-state index contributed by atoms with van der Waals surface area (Å²) in [4.78, 5) is 13.5. The van der Waals surface area contributed by atoms with Gasteiger partial charge in [-0.05, 0) is 29.8 Å². The third-order valence-corrected chi connectivity index (χ3v) is 4.84. The molecule has 0 saturated heterocycles. The van der Waals surface area contributed by atoms with Crippen molar-refractivity contribution in [2.75, 3.05) is 27.2 Å². The molecule has 0 unspecified atom stereocenters. The third-order valence-electron chi connectivity index (χ3n) is 4.84. The minimum Gasteiger partial charge on any atom is -0.489 e. The second-order valence-electron chi connectivity index (χ2n) is 7.38. The Bertz CT molecular complexity index is 897. The molecule has 156 valence electrons. The Kier molecular flexibility index (Phi) is 7.86. The Hall–Kier alpha value is -3.31. The highest BCUT2D eigenvalue weighted by Crippen LogP contribution is 2.18. The van der Waals surface area contributed by atoms with Gasteiger partial charge in [-0.25, -0.2) is 0 Å². The van der Waals surface area contributed by atoms with Crippen molar-refractivity contribution in [2.45, 2.75) is 12.6 Å². The summed E-state index contributed by atoms with van der Waals surface area (Å²) >= 11 is 0. The lowest BCUT2D eigenvalue weighted by atomic mass is 10.1. The van der Waals surface area contributed by atoms with Crippen LogP contribution < -0.4 is 19.7 Å². The predicted octanol–water partition coefficient (Wildman–Crippen LogP) is 2.65. The molecule has 0 fully saturated rings. The van der Waals surface area contributed by atoms with Gasteiger partial charge in [0, 0.05) is 5.56 Å². The van der Waals surface area contributed by atoms with E-state index in [9.17, 15) is 4.79 Å². The fourth-order valence-electron chi connectivity index (χ4n) is 3.13. The van der Waals surface area contributed by atoms with Gasteiger partial charge in [0.05, 0.1) is 20.6 Å². The van der Waals surface area contributed by atoms with Gasteiger partial charge in [0.2, 0.25) is 0 Å². The van der Waals surface area contributed by atoms with E-state index < -0.39 is 0 Å². The maximum Gasteiger partial charge on any atom is 0.258 e. The van der Waals surface area contributed by atoms with E-state index in [2.05, 4.69) is 31.5 Å². The first kappa shape index (κ1) is 21.4. The van der Waals surface area contributed by atoms with Gasteiger partial charge >= 0.3 is 0 Å². The molecule has 0 aromatic heterocycles. The van der Waals surface area contributed by atoms with Gasteiger partial charge in [0.1, 0.15) is 24.1 Å². The van der Waals surface area contributed by atoms with E-state index in [-0.39, 0.29) is 18.6 Å². The van der Waals surface area contributed by atoms with E-state index in [1.807, 2.05) is 72.8 Å². The van der Waals surface area contributed by atoms with Crippen molar-refractivity contribution in [1.29, 1.82) is 0 Å². The van der Waals surface area contributed by atoms with Crippen LogP contribution in [0.2, 0.25) is 0 Å². The molecule has 0 aliphatic carbocycles. The summed E-state index contributed by atoms with van der Waals surface area (Å²) in [7, 11) is 4.17. The molecule has 5 nitrogen and oxygen atoms in total. The normalized spacial score (nSPS) is 11.7. The lowest BCUT2D eigenvalue weighted by molar-refractivity contribution is -0.890. The van der Waals surface area contributed by atoms with Gasteiger partial charge in [-0.15, -0.1) is 0 Å². The maximum atomic E-state index is 12.2. The Morgan fingerprint density at radius 3 is 2.00 bits per heavy atom. The smallest absolute Gasteiger partial charge is 0.258 e. The summed E-state index contributed by atoms with van der Waals surface area (Å²) in [6.07, 6.45) is 0. The highest BCUT2D eigenvalue weighted by molar-refractivity contribution is 5.77. The molecule has 0 aliphatic rings. The van der Waals surface area contributed by atoms with Crippen molar-refractivity contribution in [3.8, 4) is 11.5 Å². The standard InChI is InChI=1S/C25H28N2O3/c1-27(2)24(21-11-7-4-8-12-21)17-26-25(28)19-30-23-15-13-22(14-16-23)29-18-20-9-5-3-6-10-20/h3-16,24H,17-19H2,1-2H3,(H,26,28)/p+1/t24-/m1/s1. The number of likely N-dealkylation sites (N-methyl/N-ethyl adjacent to an activating group) is 1. The van der Waals surface area contributed by atoms with Crippen molar-refractivity contribution < 1.29 is 19.2 Å². The lowest BCUT2D eigenvalue weighted by Gasteiger charge is -2.22. The zero-order valence-electron chi connectivity index (χ0n) is 17.5. The molecule has 3 rings (SSSR count). The van der Waals surface area contributed by atoms with Crippen LogP contribution in [0.25, 0.3) is 0 Å². The van der Waals surface area contributed by atoms with E-state index in [4.69, 9.17) is 9.47 Å². The quantitative estimate of drug-likeness (QED) is 0.545. The van der Waals surface area contributed by atoms with E-state index in [0.717, 1.165) is 11.3 Å². The van der Waals surface area contributed by atoms with Crippen molar-refractivity contribution >= 4 is 5.91 Å². The highest BCUT2D eigenvalue weighted by Gasteiger charge is 2.18. The molecule has 2 N–H and O–H groups in total. The van der Waals surface area contributed by atoms with Crippen LogP contribution in [0.5, 0.6) is 11.5 Å². The van der Waals surface area contributed by atoms with Gasteiger partial charge in [0.25, 0.3) is 5.91 Å². The van der Waals surface area contributed by atoms with Crippen molar-refractivity contribution in [1.82, 2.24) is 5.32 Å². The van der Waals surface area contributed by atoms with Gasteiger partial charge in [0.15, 0.2) is 6.61 Å². The van der Waals surface area contributed by atoms with Crippen LogP contribution in [0.15, 0.2) is 84.9 Å². The third kappa shape index (κ3) is 6.64. The van der Waals surface area contributed by atoms with Gasteiger partial charge in [-0.3, -0.25) is 4.79 Å². The molecular weight excluding hydrogens is 376 g/mol. The van der Waals surface area contributed by atoms with Crippen molar-refractivity contribution in [2.24, 2.45) is 0 Å². The molecule has 0 radical (unpaired) electrons. The molecule has 3 aromatic rings. The number of nitrogens with one attached hydrogen (secondary N) is 2. The molecule has 1 amide bonds. The lowest BCUT2D eigenvalue weighted by Crippen LogP contribution is -3.07. The van der Waals surface area contributed by atoms with Crippen LogP contribution in [0, 0.1) is 0 Å². The number of ether oxygens (including phenoxy) is 2. The maximum absolute atomic E-state index is 12.2. The molecular formula is C25H29N2O3+. The van der Waals surface area contributed by atoms with E-state index in [1.54, 1.807) is 0 Å². The first-order valence-corrected chi connectivity index (χ1v) is 10.1. The summed E-state index contributed by atoms with van der Waals surface area (Å²) < 4.78 is 11.4. The molecule has 1 atom stereocenters. The fourth-order valence-corrected chi connectivity index (χ4v) is 3.13. The number of carbonyl (C=O) groups excluding carboxylic acids is 1. The summed E-state index contributed by atoms with van der Waals surface area (Å²) in [5.41, 5.74) is 2.31. The number of benzene rings is 3. The van der Waals surface area contributed by atoms with Crippen molar-refractivity contribution in [3.63, 3.8) is 0 Å². The monoisotopic (exact) mass is 405 g/mol. The van der Waals surface area contributed by atoms with Crippen LogP contribution in [0.3, 0.4) is 0 Å². The van der Waals surface area contributed by atoms with Gasteiger partial charge in [-0.1, -0.05) is 60.7 Å². The van der Waals surface area contributed by atoms with Crippen LogP contribution in [0.1, 0.15) is 17.2 Å². The van der Waals surface area contributed by atoms with Crippen LogP contribution in [-0.4, -0.2) is 33.2 Å². The Morgan fingerprint density at radius 2 is 1.40 bits per heavy atom. The molecule has 0 bridgehead atoms. The second-order valence-corrected chi connectivity index (χ2v) is 7.38. The number of carbonyl (C=O) groups is 1. The Balaban J connectivity index is 1.43. The summed E-state index contributed by atoms with van der Waals surface area (Å²) in [5.74, 6) is 1.26. The molecule has 5 heteroatoms. The average molecular weight is 406 g/mol.